The third kappa shape index (κ3) is 2.00. The lowest BCUT2D eigenvalue weighted by Gasteiger charge is -2.27. The summed E-state index contributed by atoms with van der Waals surface area (Å²) in [4.78, 5) is 9.64. The molecule has 1 atom stereocenters. The second kappa shape index (κ2) is 4.35. The SMILES string of the molecule is CCC(C)N(CC)c1nc(C)[nH]c1N. The molecular formula is C10H20N4. The van der Waals surface area contributed by atoms with Crippen LogP contribution in [-0.4, -0.2) is 22.6 Å². The standard InChI is InChI=1S/C10H20N4/c1-5-7(3)14(6-2)10-9(11)12-8(4)13-10/h7H,5-6,11H2,1-4H3,(H,12,13). The van der Waals surface area contributed by atoms with E-state index in [0.717, 1.165) is 24.6 Å². The Morgan fingerprint density at radius 2 is 2.14 bits per heavy atom. The van der Waals surface area contributed by atoms with Gasteiger partial charge in [-0.25, -0.2) is 4.98 Å². The average Bonchev–Trinajstić information content (AvgIpc) is 2.47. The quantitative estimate of drug-likeness (QED) is 0.773. The largest absolute Gasteiger partial charge is 0.382 e. The van der Waals surface area contributed by atoms with Crippen molar-refractivity contribution in [3.63, 3.8) is 0 Å². The molecule has 0 aromatic carbocycles. The molecule has 80 valence electrons. The molecule has 1 aromatic heterocycles. The molecule has 1 aromatic rings. The minimum absolute atomic E-state index is 0.477. The first-order chi connectivity index (χ1) is 6.60. The summed E-state index contributed by atoms with van der Waals surface area (Å²) in [5, 5.41) is 0. The maximum absolute atomic E-state index is 5.85. The lowest BCUT2D eigenvalue weighted by Crippen LogP contribution is -2.33. The molecule has 0 saturated carbocycles. The van der Waals surface area contributed by atoms with Crippen LogP contribution in [0, 0.1) is 6.92 Å². The summed E-state index contributed by atoms with van der Waals surface area (Å²) in [5.74, 6) is 2.43. The van der Waals surface area contributed by atoms with Crippen LogP contribution < -0.4 is 10.6 Å². The van der Waals surface area contributed by atoms with Gasteiger partial charge < -0.3 is 15.6 Å². The van der Waals surface area contributed by atoms with Crippen LogP contribution in [0.3, 0.4) is 0 Å². The molecule has 14 heavy (non-hydrogen) atoms. The van der Waals surface area contributed by atoms with Gasteiger partial charge in [0.15, 0.2) is 5.82 Å². The Hall–Kier alpha value is -1.19. The first-order valence-corrected chi connectivity index (χ1v) is 5.18. The topological polar surface area (TPSA) is 57.9 Å². The fourth-order valence-electron chi connectivity index (χ4n) is 1.61. The normalized spacial score (nSPS) is 12.9. The van der Waals surface area contributed by atoms with Crippen molar-refractivity contribution in [3.05, 3.63) is 5.82 Å². The van der Waals surface area contributed by atoms with E-state index in [9.17, 15) is 0 Å². The molecule has 0 amide bonds. The molecule has 3 N–H and O–H groups in total. The van der Waals surface area contributed by atoms with Gasteiger partial charge in [-0.1, -0.05) is 6.92 Å². The number of aryl methyl sites for hydroxylation is 1. The first-order valence-electron chi connectivity index (χ1n) is 5.18. The fraction of sp³-hybridized carbons (Fsp3) is 0.700. The van der Waals surface area contributed by atoms with Crippen molar-refractivity contribution in [2.45, 2.75) is 40.2 Å². The molecule has 1 unspecified atom stereocenters. The van der Waals surface area contributed by atoms with Gasteiger partial charge >= 0.3 is 0 Å². The molecule has 0 radical (unpaired) electrons. The first kappa shape index (κ1) is 10.9. The Bertz CT molecular complexity index is 292. The summed E-state index contributed by atoms with van der Waals surface area (Å²) in [7, 11) is 0. The minimum Gasteiger partial charge on any atom is -0.382 e. The van der Waals surface area contributed by atoms with Crippen molar-refractivity contribution in [3.8, 4) is 0 Å². The molecule has 0 aliphatic heterocycles. The highest BCUT2D eigenvalue weighted by atomic mass is 15.2. The molecule has 1 heterocycles. The van der Waals surface area contributed by atoms with Gasteiger partial charge in [-0.15, -0.1) is 0 Å². The van der Waals surface area contributed by atoms with Gasteiger partial charge in [-0.05, 0) is 27.2 Å². The second-order valence-electron chi connectivity index (χ2n) is 3.60. The second-order valence-corrected chi connectivity index (χ2v) is 3.60. The van der Waals surface area contributed by atoms with Crippen LogP contribution in [0.5, 0.6) is 0 Å². The zero-order valence-corrected chi connectivity index (χ0v) is 9.46. The highest BCUT2D eigenvalue weighted by Crippen LogP contribution is 2.22. The predicted octanol–water partition coefficient (Wildman–Crippen LogP) is 1.93. The van der Waals surface area contributed by atoms with Crippen molar-refractivity contribution in [1.82, 2.24) is 9.97 Å². The molecular weight excluding hydrogens is 176 g/mol. The number of aromatic amines is 1. The zero-order chi connectivity index (χ0) is 10.7. The summed E-state index contributed by atoms with van der Waals surface area (Å²) >= 11 is 0. The third-order valence-corrected chi connectivity index (χ3v) is 2.57. The number of nitrogens with one attached hydrogen (secondary N) is 1. The van der Waals surface area contributed by atoms with Crippen molar-refractivity contribution in [2.24, 2.45) is 0 Å². The molecule has 0 spiro atoms. The highest BCUT2D eigenvalue weighted by molar-refractivity contribution is 5.59. The van der Waals surface area contributed by atoms with Crippen molar-refractivity contribution in [2.75, 3.05) is 17.2 Å². The summed E-state index contributed by atoms with van der Waals surface area (Å²) in [6, 6.07) is 0.477. The average molecular weight is 196 g/mol. The summed E-state index contributed by atoms with van der Waals surface area (Å²) < 4.78 is 0. The number of nitrogens with two attached hydrogens (primary N) is 1. The van der Waals surface area contributed by atoms with Gasteiger partial charge in [0.2, 0.25) is 0 Å². The monoisotopic (exact) mass is 196 g/mol. The number of hydrogen-bond donors (Lipinski definition) is 2. The number of hydrogen-bond acceptors (Lipinski definition) is 3. The Kier molecular flexibility index (Phi) is 3.38. The summed E-state index contributed by atoms with van der Waals surface area (Å²) in [6.45, 7) is 9.33. The van der Waals surface area contributed by atoms with Crippen LogP contribution in [0.4, 0.5) is 11.6 Å². The molecule has 4 nitrogen and oxygen atoms in total. The Balaban J connectivity index is 2.94. The molecule has 0 bridgehead atoms. The van der Waals surface area contributed by atoms with Gasteiger partial charge in [0.05, 0.1) is 0 Å². The van der Waals surface area contributed by atoms with E-state index in [2.05, 4.69) is 35.6 Å². The van der Waals surface area contributed by atoms with Crippen LogP contribution in [0.2, 0.25) is 0 Å². The number of anilines is 2. The molecule has 0 saturated heterocycles. The van der Waals surface area contributed by atoms with Crippen molar-refractivity contribution in [1.29, 1.82) is 0 Å². The Labute approximate surface area is 85.5 Å². The van der Waals surface area contributed by atoms with E-state index in [4.69, 9.17) is 5.73 Å². The van der Waals surface area contributed by atoms with Gasteiger partial charge in [-0.2, -0.15) is 0 Å². The number of H-pyrrole nitrogens is 1. The van der Waals surface area contributed by atoms with Crippen molar-refractivity contribution < 1.29 is 0 Å². The van der Waals surface area contributed by atoms with Crippen LogP contribution in [0.15, 0.2) is 0 Å². The number of nitrogen functional groups attached to an aromatic ring is 1. The van der Waals surface area contributed by atoms with Crippen LogP contribution in [0.1, 0.15) is 33.0 Å². The molecule has 0 fully saturated rings. The smallest absolute Gasteiger partial charge is 0.171 e. The number of nitrogens with zero attached hydrogens (tertiary/aromatic N) is 2. The zero-order valence-electron chi connectivity index (χ0n) is 9.46. The van der Waals surface area contributed by atoms with E-state index in [1.165, 1.54) is 0 Å². The van der Waals surface area contributed by atoms with Crippen LogP contribution in [-0.2, 0) is 0 Å². The minimum atomic E-state index is 0.477. The lowest BCUT2D eigenvalue weighted by atomic mass is 10.2. The Morgan fingerprint density at radius 1 is 1.50 bits per heavy atom. The fourth-order valence-corrected chi connectivity index (χ4v) is 1.61. The molecule has 1 rings (SSSR count). The Morgan fingerprint density at radius 3 is 2.50 bits per heavy atom. The van der Waals surface area contributed by atoms with Crippen molar-refractivity contribution >= 4 is 11.6 Å². The molecule has 4 heteroatoms. The highest BCUT2D eigenvalue weighted by Gasteiger charge is 2.16. The maximum atomic E-state index is 5.85. The van der Waals surface area contributed by atoms with E-state index in [1.54, 1.807) is 0 Å². The van der Waals surface area contributed by atoms with E-state index in [0.29, 0.717) is 11.9 Å². The predicted molar refractivity (Wildman–Crippen MR) is 60.5 cm³/mol. The van der Waals surface area contributed by atoms with Gasteiger partial charge in [0, 0.05) is 12.6 Å². The third-order valence-electron chi connectivity index (χ3n) is 2.57. The van der Waals surface area contributed by atoms with Gasteiger partial charge in [0.1, 0.15) is 11.6 Å². The molecule has 0 aliphatic carbocycles. The van der Waals surface area contributed by atoms with Gasteiger partial charge in [0.25, 0.3) is 0 Å². The van der Waals surface area contributed by atoms with E-state index < -0.39 is 0 Å². The van der Waals surface area contributed by atoms with E-state index in [1.807, 2.05) is 6.92 Å². The number of aromatic nitrogens is 2. The summed E-state index contributed by atoms with van der Waals surface area (Å²) in [5.41, 5.74) is 5.85. The maximum Gasteiger partial charge on any atom is 0.171 e. The number of rotatable bonds is 4. The van der Waals surface area contributed by atoms with Gasteiger partial charge in [-0.3, -0.25) is 0 Å². The summed E-state index contributed by atoms with van der Waals surface area (Å²) in [6.07, 6.45) is 1.10. The van der Waals surface area contributed by atoms with Crippen LogP contribution in [0.25, 0.3) is 0 Å². The number of imidazole rings is 1. The van der Waals surface area contributed by atoms with E-state index >= 15 is 0 Å². The van der Waals surface area contributed by atoms with E-state index in [-0.39, 0.29) is 0 Å². The molecule has 0 aliphatic rings. The lowest BCUT2D eigenvalue weighted by molar-refractivity contribution is 0.625. The van der Waals surface area contributed by atoms with Crippen LogP contribution >= 0.6 is 0 Å².